The second-order valence-corrected chi connectivity index (χ2v) is 5.40. The molecule has 2 aromatic carbocycles. The van der Waals surface area contributed by atoms with Crippen LogP contribution >= 0.6 is 12.2 Å². The van der Waals surface area contributed by atoms with Crippen molar-refractivity contribution < 1.29 is 14.6 Å². The van der Waals surface area contributed by atoms with Crippen LogP contribution < -0.4 is 25.3 Å². The first kappa shape index (κ1) is 17.7. The maximum Gasteiger partial charge on any atom is 0.223 e. The van der Waals surface area contributed by atoms with Gasteiger partial charge in [-0.15, -0.1) is 10.5 Å². The molecule has 6 heteroatoms. The minimum atomic E-state index is 0.513. The number of thiocarbonyl (C=S) groups is 1. The number of hydrogen-bond donors (Lipinski definition) is 3. The first-order valence-corrected chi connectivity index (χ1v) is 8.05. The van der Waals surface area contributed by atoms with E-state index in [2.05, 4.69) is 28.0 Å². The molecule has 3 N–H and O–H groups in total. The standard InChI is InChI=1S/C18H21N3O2S/c1-19-18(24)21-20-13-15-8-9-16(17(12-15)22-2)23-11-10-14-6-4-3-5-7-14/h3-9,12-13H,10-11H2,1-2H3,(H2,19,21,24)/p+1. The monoisotopic (exact) mass is 344 g/mol. The van der Waals surface area contributed by atoms with Crippen molar-refractivity contribution in [3.05, 3.63) is 59.7 Å². The molecule has 0 heterocycles. The predicted molar refractivity (Wildman–Crippen MR) is 99.6 cm³/mol. The van der Waals surface area contributed by atoms with Gasteiger partial charge in [0.25, 0.3) is 0 Å². The fourth-order valence-electron chi connectivity index (χ4n) is 2.06. The van der Waals surface area contributed by atoms with E-state index in [0.29, 0.717) is 17.5 Å². The van der Waals surface area contributed by atoms with E-state index >= 15 is 0 Å². The third-order valence-electron chi connectivity index (χ3n) is 3.33. The number of hydrazone groups is 1. The molecule has 2 rings (SSSR count). The van der Waals surface area contributed by atoms with Crippen LogP contribution in [0.5, 0.6) is 11.5 Å². The van der Waals surface area contributed by atoms with Crippen molar-refractivity contribution in [1.29, 1.82) is 0 Å². The van der Waals surface area contributed by atoms with Gasteiger partial charge in [0.1, 0.15) is 0 Å². The molecule has 2 aromatic rings. The quantitative estimate of drug-likeness (QED) is 0.395. The van der Waals surface area contributed by atoms with Crippen LogP contribution in [0.25, 0.3) is 0 Å². The first-order chi connectivity index (χ1) is 11.7. The molecule has 0 saturated carbocycles. The van der Waals surface area contributed by atoms with E-state index in [1.54, 1.807) is 20.4 Å². The molecule has 0 aliphatic rings. The third-order valence-corrected chi connectivity index (χ3v) is 3.64. The lowest BCUT2D eigenvalue weighted by atomic mass is 10.2. The summed E-state index contributed by atoms with van der Waals surface area (Å²) in [5.74, 6) is 1.42. The number of hydrogen-bond acceptors (Lipinski definition) is 3. The lowest BCUT2D eigenvalue weighted by Crippen LogP contribution is -2.82. The Morgan fingerprint density at radius 3 is 2.67 bits per heavy atom. The number of methoxy groups -OCH3 is 1. The predicted octanol–water partition coefficient (Wildman–Crippen LogP) is 0.825. The molecule has 126 valence electrons. The fourth-order valence-corrected chi connectivity index (χ4v) is 2.12. The Kier molecular flexibility index (Phi) is 7.04. The van der Waals surface area contributed by atoms with Crippen LogP contribution in [-0.2, 0) is 6.42 Å². The van der Waals surface area contributed by atoms with Gasteiger partial charge in [0.05, 0.1) is 13.7 Å². The maximum absolute atomic E-state index is 5.84. The normalized spacial score (nSPS) is 10.4. The highest BCUT2D eigenvalue weighted by Gasteiger charge is 2.06. The van der Waals surface area contributed by atoms with Gasteiger partial charge < -0.3 is 14.8 Å². The number of hydrazine groups is 1. The molecule has 0 atom stereocenters. The summed E-state index contributed by atoms with van der Waals surface area (Å²) >= 11 is 4.98. The second-order valence-electron chi connectivity index (χ2n) is 4.99. The Labute approximate surface area is 147 Å². The van der Waals surface area contributed by atoms with Crippen molar-refractivity contribution in [2.24, 2.45) is 0 Å². The molecule has 5 nitrogen and oxygen atoms in total. The van der Waals surface area contributed by atoms with Crippen molar-refractivity contribution in [3.63, 3.8) is 0 Å². The molecule has 0 saturated heterocycles. The summed E-state index contributed by atoms with van der Waals surface area (Å²) in [6.45, 7) is 0.597. The van der Waals surface area contributed by atoms with Gasteiger partial charge in [0.15, 0.2) is 17.7 Å². The summed E-state index contributed by atoms with van der Waals surface area (Å²) < 4.78 is 11.2. The van der Waals surface area contributed by atoms with Crippen LogP contribution in [0.4, 0.5) is 0 Å². The molecular weight excluding hydrogens is 322 g/mol. The average molecular weight is 344 g/mol. The number of nitrogens with one attached hydrogen (secondary N) is 3. The van der Waals surface area contributed by atoms with E-state index < -0.39 is 0 Å². The highest BCUT2D eigenvalue weighted by Crippen LogP contribution is 2.27. The molecule has 0 aliphatic carbocycles. The Bertz CT molecular complexity index is 690. The highest BCUT2D eigenvalue weighted by molar-refractivity contribution is 7.80. The van der Waals surface area contributed by atoms with Gasteiger partial charge in [-0.25, -0.2) is 0 Å². The Hall–Kier alpha value is -2.60. The van der Waals surface area contributed by atoms with Crippen molar-refractivity contribution >= 4 is 23.5 Å². The molecule has 0 bridgehead atoms. The van der Waals surface area contributed by atoms with Gasteiger partial charge in [-0.05, 0) is 36.0 Å². The Morgan fingerprint density at radius 1 is 1.17 bits per heavy atom. The Balaban J connectivity index is 1.94. The van der Waals surface area contributed by atoms with Crippen LogP contribution in [0.3, 0.4) is 0 Å². The van der Waals surface area contributed by atoms with Crippen molar-refractivity contribution in [3.8, 4) is 11.5 Å². The minimum Gasteiger partial charge on any atom is -0.493 e. The summed E-state index contributed by atoms with van der Waals surface area (Å²) in [7, 11) is 3.38. The van der Waals surface area contributed by atoms with Crippen LogP contribution in [-0.4, -0.2) is 32.1 Å². The van der Waals surface area contributed by atoms with Gasteiger partial charge >= 0.3 is 0 Å². The van der Waals surface area contributed by atoms with E-state index in [-0.39, 0.29) is 0 Å². The minimum absolute atomic E-state index is 0.513. The van der Waals surface area contributed by atoms with E-state index in [1.807, 2.05) is 36.4 Å². The van der Waals surface area contributed by atoms with Crippen molar-refractivity contribution in [2.45, 2.75) is 6.42 Å². The van der Waals surface area contributed by atoms with Crippen LogP contribution in [0.1, 0.15) is 11.1 Å². The van der Waals surface area contributed by atoms with Gasteiger partial charge in [0, 0.05) is 19.0 Å². The van der Waals surface area contributed by atoms with Gasteiger partial charge in [-0.1, -0.05) is 30.3 Å². The van der Waals surface area contributed by atoms with E-state index in [4.69, 9.17) is 21.7 Å². The van der Waals surface area contributed by atoms with Gasteiger partial charge in [-0.2, -0.15) is 0 Å². The highest BCUT2D eigenvalue weighted by atomic mass is 32.1. The zero-order valence-electron chi connectivity index (χ0n) is 13.8. The maximum atomic E-state index is 5.84. The van der Waals surface area contributed by atoms with Crippen LogP contribution in [0, 0.1) is 0 Å². The molecule has 0 spiro atoms. The van der Waals surface area contributed by atoms with Gasteiger partial charge in [0.2, 0.25) is 5.11 Å². The molecular formula is C18H22N3O2S+. The molecule has 0 radical (unpaired) electrons. The van der Waals surface area contributed by atoms with Gasteiger partial charge in [-0.3, -0.25) is 0 Å². The number of benzene rings is 2. The molecule has 0 fully saturated rings. The summed E-state index contributed by atoms with van der Waals surface area (Å²) in [5.41, 5.74) is 5.01. The first-order valence-electron chi connectivity index (χ1n) is 7.64. The zero-order valence-corrected chi connectivity index (χ0v) is 14.7. The summed E-state index contributed by atoms with van der Waals surface area (Å²) in [6.07, 6.45) is 2.64. The topological polar surface area (TPSA) is 56.5 Å². The lowest BCUT2D eigenvalue weighted by Gasteiger charge is -2.11. The van der Waals surface area contributed by atoms with E-state index in [0.717, 1.165) is 17.7 Å². The summed E-state index contributed by atoms with van der Waals surface area (Å²) in [6, 6.07) is 16.0. The average Bonchev–Trinajstić information content (AvgIpc) is 2.63. The van der Waals surface area contributed by atoms with E-state index in [9.17, 15) is 0 Å². The summed E-state index contributed by atoms with van der Waals surface area (Å²) in [4.78, 5) is 0. The molecule has 24 heavy (non-hydrogen) atoms. The number of rotatable bonds is 7. The van der Waals surface area contributed by atoms with Crippen LogP contribution in [0.2, 0.25) is 0 Å². The van der Waals surface area contributed by atoms with Crippen LogP contribution in [0.15, 0.2) is 48.5 Å². The Morgan fingerprint density at radius 2 is 1.96 bits per heavy atom. The SMILES string of the molecule is CNC(=S)N[NH+]=Cc1ccc(OCCc2ccccc2)c(OC)c1. The summed E-state index contributed by atoms with van der Waals surface area (Å²) in [5, 5.41) is 6.24. The molecule has 0 unspecified atom stereocenters. The lowest BCUT2D eigenvalue weighted by molar-refractivity contribution is -0.500. The van der Waals surface area contributed by atoms with E-state index in [1.165, 1.54) is 5.56 Å². The third kappa shape index (κ3) is 5.55. The zero-order chi connectivity index (χ0) is 17.2. The fraction of sp³-hybridized carbons (Fsp3) is 0.222. The smallest absolute Gasteiger partial charge is 0.223 e. The van der Waals surface area contributed by atoms with Crippen molar-refractivity contribution in [2.75, 3.05) is 20.8 Å². The largest absolute Gasteiger partial charge is 0.493 e. The molecule has 0 aromatic heterocycles. The van der Waals surface area contributed by atoms with Crippen molar-refractivity contribution in [1.82, 2.24) is 10.7 Å². The number of ether oxygens (including phenoxy) is 2. The molecule has 0 amide bonds. The molecule has 0 aliphatic heterocycles. The second kappa shape index (κ2) is 9.52.